The summed E-state index contributed by atoms with van der Waals surface area (Å²) in [5.41, 5.74) is -1.47. The summed E-state index contributed by atoms with van der Waals surface area (Å²) in [5.74, 6) is -0.208. The Labute approximate surface area is 137 Å². The Balaban J connectivity index is 1.77. The number of benzene rings is 1. The van der Waals surface area contributed by atoms with Gasteiger partial charge in [0.2, 0.25) is 5.67 Å². The molecule has 2 heterocycles. The van der Waals surface area contributed by atoms with Crippen LogP contribution in [0, 0.1) is 0 Å². The molecular formula is C16H16FN3O4. The predicted octanol–water partition coefficient (Wildman–Crippen LogP) is 2.40. The highest BCUT2D eigenvalue weighted by Crippen LogP contribution is 2.30. The number of halogens is 1. The fourth-order valence-electron chi connectivity index (χ4n) is 2.68. The Morgan fingerprint density at radius 1 is 1.38 bits per heavy atom. The van der Waals surface area contributed by atoms with Gasteiger partial charge in [0.1, 0.15) is 0 Å². The van der Waals surface area contributed by atoms with E-state index in [-0.39, 0.29) is 18.8 Å². The molecule has 7 nitrogen and oxygen atoms in total. The molecular weight excluding hydrogens is 317 g/mol. The van der Waals surface area contributed by atoms with Crippen LogP contribution in [0.5, 0.6) is 0 Å². The first-order valence-electron chi connectivity index (χ1n) is 7.38. The van der Waals surface area contributed by atoms with Crippen molar-refractivity contribution in [3.63, 3.8) is 0 Å². The normalized spacial score (nSPS) is 20.2. The molecule has 0 spiro atoms. The van der Waals surface area contributed by atoms with E-state index >= 15 is 0 Å². The molecule has 1 aliphatic heterocycles. The van der Waals surface area contributed by atoms with Gasteiger partial charge in [-0.05, 0) is 0 Å². The third-order valence-corrected chi connectivity index (χ3v) is 4.08. The van der Waals surface area contributed by atoms with E-state index in [0.717, 1.165) is 15.4 Å². The molecule has 8 heteroatoms. The number of aromatic nitrogens is 1. The van der Waals surface area contributed by atoms with Crippen LogP contribution in [0.25, 0.3) is 11.3 Å². The minimum atomic E-state index is -2.25. The van der Waals surface area contributed by atoms with Gasteiger partial charge in [0.25, 0.3) is 5.91 Å². The summed E-state index contributed by atoms with van der Waals surface area (Å²) in [6.07, 6.45) is -1.41. The Kier molecular flexibility index (Phi) is 3.96. The van der Waals surface area contributed by atoms with Gasteiger partial charge in [-0.2, -0.15) is 0 Å². The van der Waals surface area contributed by atoms with Crippen molar-refractivity contribution in [2.24, 2.45) is 0 Å². The lowest BCUT2D eigenvalue weighted by Gasteiger charge is -2.23. The second-order valence-electron chi connectivity index (χ2n) is 5.70. The van der Waals surface area contributed by atoms with Crippen molar-refractivity contribution >= 4 is 17.8 Å². The van der Waals surface area contributed by atoms with Crippen LogP contribution in [0.4, 0.5) is 15.0 Å². The monoisotopic (exact) mass is 333 g/mol. The van der Waals surface area contributed by atoms with Gasteiger partial charge in [0, 0.05) is 31.6 Å². The van der Waals surface area contributed by atoms with Crippen molar-refractivity contribution < 1.29 is 23.6 Å². The number of carboxylic acid groups (broad SMARTS) is 1. The molecule has 1 atom stereocenters. The van der Waals surface area contributed by atoms with Crippen molar-refractivity contribution in [2.75, 3.05) is 25.0 Å². The molecule has 1 aromatic carbocycles. The number of amides is 2. The van der Waals surface area contributed by atoms with Crippen molar-refractivity contribution in [3.8, 4) is 11.3 Å². The second-order valence-corrected chi connectivity index (χ2v) is 5.70. The first kappa shape index (κ1) is 16.0. The van der Waals surface area contributed by atoms with Gasteiger partial charge in [0.15, 0.2) is 11.6 Å². The zero-order chi connectivity index (χ0) is 17.3. The van der Waals surface area contributed by atoms with E-state index < -0.39 is 24.2 Å². The lowest BCUT2D eigenvalue weighted by atomic mass is 10.0. The summed E-state index contributed by atoms with van der Waals surface area (Å²) in [6, 6.07) is 10.7. The molecule has 0 radical (unpaired) electrons. The fraction of sp³-hybridized carbons (Fsp3) is 0.312. The molecule has 2 aromatic rings. The minimum absolute atomic E-state index is 0.0144. The van der Waals surface area contributed by atoms with Crippen molar-refractivity contribution in [2.45, 2.75) is 12.1 Å². The van der Waals surface area contributed by atoms with Gasteiger partial charge in [-0.15, -0.1) is 0 Å². The standard InChI is InChI=1S/C16H16FN3O4/c1-19(14(21)16(17)7-8-20(10-16)15(22)23)13-9-12(24-18-13)11-5-3-2-4-6-11/h2-6,9H,7-8,10H2,1H3,(H,22,23). The predicted molar refractivity (Wildman–Crippen MR) is 83.4 cm³/mol. The third kappa shape index (κ3) is 2.82. The summed E-state index contributed by atoms with van der Waals surface area (Å²) in [7, 11) is 1.39. The SMILES string of the molecule is CN(C(=O)C1(F)CCN(C(=O)O)C1)c1cc(-c2ccccc2)on1. The zero-order valence-corrected chi connectivity index (χ0v) is 13.0. The highest BCUT2D eigenvalue weighted by molar-refractivity contribution is 5.99. The van der Waals surface area contributed by atoms with Crippen LogP contribution in [0.3, 0.4) is 0 Å². The highest BCUT2D eigenvalue weighted by Gasteiger charge is 2.48. The fourth-order valence-corrected chi connectivity index (χ4v) is 2.68. The van der Waals surface area contributed by atoms with Gasteiger partial charge in [-0.3, -0.25) is 9.69 Å². The van der Waals surface area contributed by atoms with Crippen LogP contribution in [0.2, 0.25) is 0 Å². The van der Waals surface area contributed by atoms with E-state index in [1.165, 1.54) is 7.05 Å². The third-order valence-electron chi connectivity index (χ3n) is 4.08. The van der Waals surface area contributed by atoms with Crippen LogP contribution < -0.4 is 4.90 Å². The van der Waals surface area contributed by atoms with Gasteiger partial charge < -0.3 is 14.5 Å². The van der Waals surface area contributed by atoms with E-state index in [9.17, 15) is 14.0 Å². The minimum Gasteiger partial charge on any atom is -0.465 e. The van der Waals surface area contributed by atoms with Crippen LogP contribution >= 0.6 is 0 Å². The maximum Gasteiger partial charge on any atom is 0.407 e. The molecule has 1 N–H and O–H groups in total. The molecule has 0 aliphatic carbocycles. The average Bonchev–Trinajstić information content (AvgIpc) is 3.22. The lowest BCUT2D eigenvalue weighted by molar-refractivity contribution is -0.128. The zero-order valence-electron chi connectivity index (χ0n) is 13.0. The molecule has 3 rings (SSSR count). The molecule has 1 aromatic heterocycles. The Morgan fingerprint density at radius 2 is 2.08 bits per heavy atom. The Hall–Kier alpha value is -2.90. The largest absolute Gasteiger partial charge is 0.465 e. The Bertz CT molecular complexity index is 764. The van der Waals surface area contributed by atoms with Crippen molar-refractivity contribution in [3.05, 3.63) is 36.4 Å². The number of carbonyl (C=O) groups excluding carboxylic acids is 1. The van der Waals surface area contributed by atoms with Crippen LogP contribution in [0.1, 0.15) is 6.42 Å². The van der Waals surface area contributed by atoms with Crippen molar-refractivity contribution in [1.29, 1.82) is 0 Å². The highest BCUT2D eigenvalue weighted by atomic mass is 19.1. The van der Waals surface area contributed by atoms with Crippen LogP contribution in [-0.2, 0) is 4.79 Å². The maximum absolute atomic E-state index is 14.8. The molecule has 1 fully saturated rings. The number of alkyl halides is 1. The van der Waals surface area contributed by atoms with Crippen LogP contribution in [-0.4, -0.2) is 53.0 Å². The quantitative estimate of drug-likeness (QED) is 0.932. The summed E-state index contributed by atoms with van der Waals surface area (Å²) >= 11 is 0. The number of hydrogen-bond acceptors (Lipinski definition) is 4. The molecule has 0 bridgehead atoms. The smallest absolute Gasteiger partial charge is 0.407 e. The lowest BCUT2D eigenvalue weighted by Crippen LogP contribution is -2.47. The molecule has 0 saturated carbocycles. The molecule has 2 amide bonds. The van der Waals surface area contributed by atoms with E-state index in [0.29, 0.717) is 5.76 Å². The molecule has 24 heavy (non-hydrogen) atoms. The number of anilines is 1. The summed E-state index contributed by atoms with van der Waals surface area (Å²) in [6.45, 7) is -0.492. The number of carbonyl (C=O) groups is 2. The number of nitrogens with zero attached hydrogens (tertiary/aromatic N) is 3. The van der Waals surface area contributed by atoms with E-state index in [1.807, 2.05) is 30.3 Å². The molecule has 1 unspecified atom stereocenters. The van der Waals surface area contributed by atoms with E-state index in [2.05, 4.69) is 5.16 Å². The van der Waals surface area contributed by atoms with Gasteiger partial charge in [-0.25, -0.2) is 9.18 Å². The van der Waals surface area contributed by atoms with Gasteiger partial charge in [0.05, 0.1) is 6.54 Å². The van der Waals surface area contributed by atoms with Crippen LogP contribution in [0.15, 0.2) is 40.9 Å². The molecule has 126 valence electrons. The number of rotatable bonds is 3. The number of likely N-dealkylation sites (tertiary alicyclic amines) is 1. The van der Waals surface area contributed by atoms with E-state index in [1.54, 1.807) is 6.07 Å². The average molecular weight is 333 g/mol. The topological polar surface area (TPSA) is 86.9 Å². The molecule has 1 aliphatic rings. The maximum atomic E-state index is 14.8. The summed E-state index contributed by atoms with van der Waals surface area (Å²) < 4.78 is 20.0. The summed E-state index contributed by atoms with van der Waals surface area (Å²) in [4.78, 5) is 25.3. The first-order valence-corrected chi connectivity index (χ1v) is 7.38. The second kappa shape index (κ2) is 5.95. The van der Waals surface area contributed by atoms with E-state index in [4.69, 9.17) is 9.63 Å². The van der Waals surface area contributed by atoms with Gasteiger partial charge >= 0.3 is 6.09 Å². The van der Waals surface area contributed by atoms with Crippen molar-refractivity contribution in [1.82, 2.24) is 10.1 Å². The Morgan fingerprint density at radius 3 is 2.71 bits per heavy atom. The number of hydrogen-bond donors (Lipinski definition) is 1. The molecule has 1 saturated heterocycles. The summed E-state index contributed by atoms with van der Waals surface area (Å²) in [5, 5.41) is 12.7. The van der Waals surface area contributed by atoms with Gasteiger partial charge in [-0.1, -0.05) is 35.5 Å². The first-order chi connectivity index (χ1) is 11.4.